The summed E-state index contributed by atoms with van der Waals surface area (Å²) >= 11 is 0. The van der Waals surface area contributed by atoms with E-state index in [1.54, 1.807) is 17.4 Å². The molecule has 0 aliphatic rings. The van der Waals surface area contributed by atoms with E-state index < -0.39 is 0 Å². The fourth-order valence-corrected chi connectivity index (χ4v) is 2.67. The average Bonchev–Trinajstić information content (AvgIpc) is 2.75. The number of hydrogen-bond acceptors (Lipinski definition) is 6. The number of hydrazine groups is 1. The Kier molecular flexibility index (Phi) is 4.32. The van der Waals surface area contributed by atoms with E-state index in [0.29, 0.717) is 5.82 Å². The Balaban J connectivity index is 1.55. The van der Waals surface area contributed by atoms with Crippen LogP contribution in [0.4, 0.5) is 11.4 Å². The van der Waals surface area contributed by atoms with Crippen LogP contribution in [0.2, 0.25) is 0 Å². The van der Waals surface area contributed by atoms with E-state index in [4.69, 9.17) is 5.84 Å². The number of aromatic nitrogens is 4. The first-order chi connectivity index (χ1) is 12.8. The SMILES string of the molecule is NN(c1ccc(-c2ccncc2)cc1)c1ccc(-c2ncncn2)cc1. The van der Waals surface area contributed by atoms with E-state index in [-0.39, 0.29) is 0 Å². The van der Waals surface area contributed by atoms with Crippen molar-refractivity contribution in [2.24, 2.45) is 5.84 Å². The van der Waals surface area contributed by atoms with Crippen LogP contribution in [-0.4, -0.2) is 19.9 Å². The predicted octanol–water partition coefficient (Wildman–Crippen LogP) is 3.61. The van der Waals surface area contributed by atoms with Crippen molar-refractivity contribution in [3.05, 3.63) is 85.7 Å². The first-order valence-corrected chi connectivity index (χ1v) is 8.09. The van der Waals surface area contributed by atoms with Gasteiger partial charge in [0.1, 0.15) is 12.7 Å². The van der Waals surface area contributed by atoms with E-state index in [0.717, 1.165) is 28.1 Å². The molecule has 0 saturated carbocycles. The predicted molar refractivity (Wildman–Crippen MR) is 101 cm³/mol. The van der Waals surface area contributed by atoms with Crippen molar-refractivity contribution >= 4 is 11.4 Å². The van der Waals surface area contributed by atoms with Gasteiger partial charge in [-0.15, -0.1) is 0 Å². The van der Waals surface area contributed by atoms with Gasteiger partial charge in [-0.3, -0.25) is 9.99 Å². The number of pyridine rings is 1. The van der Waals surface area contributed by atoms with Crippen molar-refractivity contribution in [1.29, 1.82) is 0 Å². The molecule has 0 amide bonds. The third-order valence-electron chi connectivity index (χ3n) is 4.06. The van der Waals surface area contributed by atoms with Crippen molar-refractivity contribution in [1.82, 2.24) is 19.9 Å². The topological polar surface area (TPSA) is 80.8 Å². The largest absolute Gasteiger partial charge is 0.280 e. The van der Waals surface area contributed by atoms with Gasteiger partial charge in [0.25, 0.3) is 0 Å². The summed E-state index contributed by atoms with van der Waals surface area (Å²) in [4.78, 5) is 16.2. The zero-order valence-electron chi connectivity index (χ0n) is 13.9. The average molecular weight is 340 g/mol. The molecule has 6 nitrogen and oxygen atoms in total. The quantitative estimate of drug-likeness (QED) is 0.451. The van der Waals surface area contributed by atoms with Crippen LogP contribution in [0.5, 0.6) is 0 Å². The fourth-order valence-electron chi connectivity index (χ4n) is 2.67. The van der Waals surface area contributed by atoms with Gasteiger partial charge in [0, 0.05) is 18.0 Å². The van der Waals surface area contributed by atoms with Crippen molar-refractivity contribution in [3.8, 4) is 22.5 Å². The molecule has 4 rings (SSSR count). The highest BCUT2D eigenvalue weighted by Crippen LogP contribution is 2.27. The summed E-state index contributed by atoms with van der Waals surface area (Å²) < 4.78 is 0. The lowest BCUT2D eigenvalue weighted by Gasteiger charge is -2.19. The number of benzene rings is 2. The summed E-state index contributed by atoms with van der Waals surface area (Å²) in [5.41, 5.74) is 4.93. The third kappa shape index (κ3) is 3.26. The van der Waals surface area contributed by atoms with E-state index in [9.17, 15) is 0 Å². The molecule has 0 radical (unpaired) electrons. The van der Waals surface area contributed by atoms with Crippen LogP contribution in [-0.2, 0) is 0 Å². The maximum atomic E-state index is 6.28. The molecular weight excluding hydrogens is 324 g/mol. The third-order valence-corrected chi connectivity index (χ3v) is 4.06. The Morgan fingerprint density at radius 2 is 1.08 bits per heavy atom. The molecule has 0 unspecified atom stereocenters. The molecule has 0 fully saturated rings. The van der Waals surface area contributed by atoms with Gasteiger partial charge in [0.2, 0.25) is 0 Å². The lowest BCUT2D eigenvalue weighted by Crippen LogP contribution is -2.24. The van der Waals surface area contributed by atoms with Crippen LogP contribution in [0.25, 0.3) is 22.5 Å². The number of rotatable bonds is 4. The summed E-state index contributed by atoms with van der Waals surface area (Å²) in [5, 5.41) is 1.65. The van der Waals surface area contributed by atoms with Gasteiger partial charge >= 0.3 is 0 Å². The Morgan fingerprint density at radius 3 is 1.65 bits per heavy atom. The first kappa shape index (κ1) is 15.9. The zero-order chi connectivity index (χ0) is 17.8. The highest BCUT2D eigenvalue weighted by atomic mass is 15.4. The Hall–Kier alpha value is -3.64. The number of hydrogen-bond donors (Lipinski definition) is 1. The van der Waals surface area contributed by atoms with Crippen LogP contribution in [0.1, 0.15) is 0 Å². The van der Waals surface area contributed by atoms with Crippen molar-refractivity contribution in [3.63, 3.8) is 0 Å². The second-order valence-electron chi connectivity index (χ2n) is 5.66. The highest BCUT2D eigenvalue weighted by molar-refractivity contribution is 5.70. The molecule has 2 N–H and O–H groups in total. The van der Waals surface area contributed by atoms with E-state index >= 15 is 0 Å². The molecular formula is C20H16N6. The van der Waals surface area contributed by atoms with E-state index in [1.165, 1.54) is 12.7 Å². The summed E-state index contributed by atoms with van der Waals surface area (Å²) in [6.45, 7) is 0. The molecule has 0 atom stereocenters. The Morgan fingerprint density at radius 1 is 0.577 bits per heavy atom. The van der Waals surface area contributed by atoms with Crippen molar-refractivity contribution in [2.75, 3.05) is 5.01 Å². The number of nitrogens with two attached hydrogens (primary N) is 1. The fraction of sp³-hybridized carbons (Fsp3) is 0. The van der Waals surface area contributed by atoms with Crippen LogP contribution in [0, 0.1) is 0 Å². The molecule has 4 aromatic rings. The van der Waals surface area contributed by atoms with Crippen molar-refractivity contribution < 1.29 is 0 Å². The summed E-state index contributed by atoms with van der Waals surface area (Å²) in [6, 6.07) is 19.8. The minimum absolute atomic E-state index is 0.636. The highest BCUT2D eigenvalue weighted by Gasteiger charge is 2.07. The maximum Gasteiger partial charge on any atom is 0.162 e. The normalized spacial score (nSPS) is 10.5. The van der Waals surface area contributed by atoms with Gasteiger partial charge in [0.05, 0.1) is 11.4 Å². The summed E-state index contributed by atoms with van der Waals surface area (Å²) in [7, 11) is 0. The Bertz CT molecular complexity index is 887. The Labute approximate surface area is 151 Å². The lowest BCUT2D eigenvalue weighted by atomic mass is 10.1. The number of anilines is 2. The van der Waals surface area contributed by atoms with E-state index in [2.05, 4.69) is 19.9 Å². The molecule has 6 heteroatoms. The van der Waals surface area contributed by atoms with Gasteiger partial charge in [0.15, 0.2) is 5.82 Å². The van der Waals surface area contributed by atoms with Crippen LogP contribution in [0.3, 0.4) is 0 Å². The molecule has 2 aromatic heterocycles. The van der Waals surface area contributed by atoms with Crippen LogP contribution < -0.4 is 10.9 Å². The second kappa shape index (κ2) is 7.08. The van der Waals surface area contributed by atoms with Gasteiger partial charge in [-0.25, -0.2) is 20.8 Å². The van der Waals surface area contributed by atoms with Crippen LogP contribution >= 0.6 is 0 Å². The van der Waals surface area contributed by atoms with Crippen molar-refractivity contribution in [2.45, 2.75) is 0 Å². The summed E-state index contributed by atoms with van der Waals surface area (Å²) in [5.74, 6) is 6.91. The van der Waals surface area contributed by atoms with Gasteiger partial charge in [-0.05, 0) is 59.7 Å². The van der Waals surface area contributed by atoms with Crippen LogP contribution in [0.15, 0.2) is 85.7 Å². The minimum Gasteiger partial charge on any atom is -0.280 e. The standard InChI is InChI=1S/C20H16N6/c21-26(18-5-1-15(2-6-18)16-9-11-22-12-10-16)19-7-3-17(4-8-19)20-24-13-23-14-25-20/h1-14H,21H2. The first-order valence-electron chi connectivity index (χ1n) is 8.09. The molecule has 0 aliphatic heterocycles. The molecule has 26 heavy (non-hydrogen) atoms. The lowest BCUT2D eigenvalue weighted by molar-refractivity contribution is 1.05. The van der Waals surface area contributed by atoms with Gasteiger partial charge in [-0.1, -0.05) is 12.1 Å². The smallest absolute Gasteiger partial charge is 0.162 e. The number of nitrogens with zero attached hydrogens (tertiary/aromatic N) is 5. The zero-order valence-corrected chi connectivity index (χ0v) is 13.9. The molecule has 0 aliphatic carbocycles. The molecule has 2 heterocycles. The molecule has 2 aromatic carbocycles. The molecule has 0 spiro atoms. The minimum atomic E-state index is 0.636. The van der Waals surface area contributed by atoms with E-state index in [1.807, 2.05) is 60.7 Å². The summed E-state index contributed by atoms with van der Waals surface area (Å²) in [6.07, 6.45) is 6.53. The monoisotopic (exact) mass is 340 g/mol. The van der Waals surface area contributed by atoms with Gasteiger partial charge < -0.3 is 0 Å². The maximum absolute atomic E-state index is 6.28. The molecule has 0 bridgehead atoms. The molecule has 126 valence electrons. The second-order valence-corrected chi connectivity index (χ2v) is 5.66. The molecule has 0 saturated heterocycles. The van der Waals surface area contributed by atoms with Gasteiger partial charge in [-0.2, -0.15) is 0 Å².